The van der Waals surface area contributed by atoms with Crippen molar-refractivity contribution in [3.05, 3.63) is 0 Å². The van der Waals surface area contributed by atoms with Gasteiger partial charge in [0.1, 0.15) is 30.5 Å². The van der Waals surface area contributed by atoms with Crippen LogP contribution in [-0.2, 0) is 14.2 Å². The van der Waals surface area contributed by atoms with Crippen molar-refractivity contribution >= 4 is 0 Å². The van der Waals surface area contributed by atoms with Crippen LogP contribution in [0.15, 0.2) is 0 Å². The first kappa shape index (κ1) is 36.8. The largest absolute Gasteiger partial charge is 0.389 e. The maximum atomic E-state index is 10.8. The molecule has 2 aliphatic rings. The summed E-state index contributed by atoms with van der Waals surface area (Å²) in [6, 6.07) is -2.04. The monoisotopic (exact) mass is 588 g/mol. The molecule has 41 heavy (non-hydrogen) atoms. The molecule has 0 amide bonds. The summed E-state index contributed by atoms with van der Waals surface area (Å²) < 4.78 is 17.9. The molecule has 2 fully saturated rings. The number of ether oxygens (including phenoxy) is 3. The van der Waals surface area contributed by atoms with Crippen LogP contribution in [0.25, 0.3) is 0 Å². The van der Waals surface area contributed by atoms with E-state index < -0.39 is 61.0 Å². The molecular formula is C31H64N4O6. The summed E-state index contributed by atoms with van der Waals surface area (Å²) in [6.45, 7) is 2.73. The van der Waals surface area contributed by atoms with Gasteiger partial charge in [-0.05, 0) is 12.8 Å². The quantitative estimate of drug-likeness (QED) is 0.0924. The van der Waals surface area contributed by atoms with Crippen LogP contribution in [0.5, 0.6) is 0 Å². The summed E-state index contributed by atoms with van der Waals surface area (Å²) in [5, 5.41) is 31.2. The van der Waals surface area contributed by atoms with Gasteiger partial charge in [0.15, 0.2) is 6.29 Å². The van der Waals surface area contributed by atoms with Gasteiger partial charge in [0.25, 0.3) is 0 Å². The number of hydrogen-bond acceptors (Lipinski definition) is 10. The SMILES string of the molecule is CCCCCCCCCCCCCCCCCCCOC1C(O)C(N)CC(N)C1O[C@H]1O[C@H](CN)[C@@H](O)[C@H](O)[C@H]1N. The van der Waals surface area contributed by atoms with E-state index in [0.29, 0.717) is 13.0 Å². The van der Waals surface area contributed by atoms with E-state index in [1.165, 1.54) is 96.3 Å². The molecule has 244 valence electrons. The Hall–Kier alpha value is -0.400. The Kier molecular flexibility index (Phi) is 19.1. The summed E-state index contributed by atoms with van der Waals surface area (Å²) in [6.07, 6.45) is 15.8. The predicted molar refractivity (Wildman–Crippen MR) is 163 cm³/mol. The van der Waals surface area contributed by atoms with E-state index >= 15 is 0 Å². The topological polar surface area (TPSA) is 192 Å². The van der Waals surface area contributed by atoms with Crippen LogP contribution < -0.4 is 22.9 Å². The lowest BCUT2D eigenvalue weighted by Crippen LogP contribution is -2.67. The van der Waals surface area contributed by atoms with E-state index in [0.717, 1.165) is 12.8 Å². The molecule has 0 aromatic rings. The van der Waals surface area contributed by atoms with Crippen molar-refractivity contribution in [1.29, 1.82) is 0 Å². The van der Waals surface area contributed by atoms with Crippen molar-refractivity contribution in [3.63, 3.8) is 0 Å². The van der Waals surface area contributed by atoms with Crippen LogP contribution in [0.1, 0.15) is 122 Å². The van der Waals surface area contributed by atoms with Crippen molar-refractivity contribution < 1.29 is 29.5 Å². The molecule has 1 saturated heterocycles. The Bertz CT molecular complexity index is 648. The van der Waals surface area contributed by atoms with Crippen LogP contribution in [0.2, 0.25) is 0 Å². The fraction of sp³-hybridized carbons (Fsp3) is 1.00. The molecule has 10 atom stereocenters. The van der Waals surface area contributed by atoms with Gasteiger partial charge >= 0.3 is 0 Å². The molecular weight excluding hydrogens is 524 g/mol. The van der Waals surface area contributed by atoms with Crippen molar-refractivity contribution in [2.45, 2.75) is 184 Å². The average molecular weight is 589 g/mol. The second-order valence-corrected chi connectivity index (χ2v) is 12.5. The van der Waals surface area contributed by atoms with E-state index in [1.54, 1.807) is 0 Å². The van der Waals surface area contributed by atoms with E-state index in [2.05, 4.69) is 6.92 Å². The fourth-order valence-corrected chi connectivity index (χ4v) is 6.11. The van der Waals surface area contributed by atoms with Gasteiger partial charge < -0.3 is 52.5 Å². The van der Waals surface area contributed by atoms with E-state index in [4.69, 9.17) is 37.1 Å². The molecule has 1 heterocycles. The Labute approximate surface area is 249 Å². The number of unbranched alkanes of at least 4 members (excludes halogenated alkanes) is 16. The Balaban J connectivity index is 1.58. The van der Waals surface area contributed by atoms with Gasteiger partial charge in [0.05, 0.1) is 12.1 Å². The second-order valence-electron chi connectivity index (χ2n) is 12.5. The molecule has 0 aromatic carbocycles. The Morgan fingerprint density at radius 3 is 1.61 bits per heavy atom. The number of hydrogen-bond donors (Lipinski definition) is 7. The normalized spacial score (nSPS) is 34.2. The molecule has 2 rings (SSSR count). The number of rotatable bonds is 22. The van der Waals surface area contributed by atoms with Gasteiger partial charge in [-0.25, -0.2) is 0 Å². The zero-order valence-corrected chi connectivity index (χ0v) is 25.8. The van der Waals surface area contributed by atoms with Crippen molar-refractivity contribution in [2.24, 2.45) is 22.9 Å². The zero-order chi connectivity index (χ0) is 30.0. The van der Waals surface area contributed by atoms with Crippen molar-refractivity contribution in [2.75, 3.05) is 13.2 Å². The molecule has 11 N–H and O–H groups in total. The molecule has 10 nitrogen and oxygen atoms in total. The first-order chi connectivity index (χ1) is 19.8. The van der Waals surface area contributed by atoms with Gasteiger partial charge in [-0.3, -0.25) is 0 Å². The summed E-state index contributed by atoms with van der Waals surface area (Å²) in [5.74, 6) is 0. The number of aliphatic hydroxyl groups is 3. The van der Waals surface area contributed by atoms with Gasteiger partial charge in [0.2, 0.25) is 0 Å². The molecule has 0 aromatic heterocycles. The molecule has 0 spiro atoms. The summed E-state index contributed by atoms with van der Waals surface area (Å²) in [5.41, 5.74) is 24.2. The smallest absolute Gasteiger partial charge is 0.176 e. The van der Waals surface area contributed by atoms with Gasteiger partial charge in [0, 0.05) is 25.2 Å². The standard InChI is InChI=1S/C31H64N4O6/c1-2-3-4-5-6-7-8-9-10-11-12-13-14-15-16-17-18-19-39-30-26(36)22(33)20-23(34)29(30)41-31-25(35)28(38)27(37)24(21-32)40-31/h22-31,36-38H,2-21,32-35H2,1H3/t22?,23?,24-,25-,26?,27-,28-,29?,30?,31-/m1/s1. The lowest BCUT2D eigenvalue weighted by Gasteiger charge is -2.46. The van der Waals surface area contributed by atoms with Crippen LogP contribution in [0, 0.1) is 0 Å². The maximum Gasteiger partial charge on any atom is 0.176 e. The third kappa shape index (κ3) is 13.0. The van der Waals surface area contributed by atoms with Gasteiger partial charge in [-0.1, -0.05) is 110 Å². The molecule has 10 heteroatoms. The number of nitrogens with two attached hydrogens (primary N) is 4. The first-order valence-electron chi connectivity index (χ1n) is 16.7. The molecule has 1 aliphatic heterocycles. The second kappa shape index (κ2) is 21.3. The van der Waals surface area contributed by atoms with E-state index in [-0.39, 0.29) is 6.54 Å². The molecule has 5 unspecified atom stereocenters. The van der Waals surface area contributed by atoms with Crippen LogP contribution in [0.4, 0.5) is 0 Å². The van der Waals surface area contributed by atoms with Gasteiger partial charge in [-0.15, -0.1) is 0 Å². The summed E-state index contributed by atoms with van der Waals surface area (Å²) in [7, 11) is 0. The highest BCUT2D eigenvalue weighted by molar-refractivity contribution is 5.00. The minimum atomic E-state index is -1.26. The lowest BCUT2D eigenvalue weighted by molar-refractivity contribution is -0.291. The summed E-state index contributed by atoms with van der Waals surface area (Å²) >= 11 is 0. The highest BCUT2D eigenvalue weighted by atomic mass is 16.7. The third-order valence-electron chi connectivity index (χ3n) is 8.90. The van der Waals surface area contributed by atoms with E-state index in [9.17, 15) is 15.3 Å². The van der Waals surface area contributed by atoms with Gasteiger partial charge in [-0.2, -0.15) is 0 Å². The van der Waals surface area contributed by atoms with Crippen molar-refractivity contribution in [3.8, 4) is 0 Å². The average Bonchev–Trinajstić information content (AvgIpc) is 2.96. The summed E-state index contributed by atoms with van der Waals surface area (Å²) in [4.78, 5) is 0. The molecule has 0 radical (unpaired) electrons. The van der Waals surface area contributed by atoms with Crippen LogP contribution in [-0.4, -0.2) is 89.5 Å². The highest BCUT2D eigenvalue weighted by Gasteiger charge is 2.48. The first-order valence-corrected chi connectivity index (χ1v) is 16.7. The molecule has 1 saturated carbocycles. The van der Waals surface area contributed by atoms with Crippen molar-refractivity contribution in [1.82, 2.24) is 0 Å². The Morgan fingerprint density at radius 2 is 1.12 bits per heavy atom. The maximum absolute atomic E-state index is 10.8. The Morgan fingerprint density at radius 1 is 0.634 bits per heavy atom. The fourth-order valence-electron chi connectivity index (χ4n) is 6.11. The van der Waals surface area contributed by atoms with E-state index in [1.807, 2.05) is 0 Å². The minimum Gasteiger partial charge on any atom is -0.389 e. The van der Waals surface area contributed by atoms with Crippen LogP contribution >= 0.6 is 0 Å². The van der Waals surface area contributed by atoms with Crippen LogP contribution in [0.3, 0.4) is 0 Å². The molecule has 0 bridgehead atoms. The number of aliphatic hydroxyl groups excluding tert-OH is 3. The lowest BCUT2D eigenvalue weighted by atomic mass is 9.84. The third-order valence-corrected chi connectivity index (χ3v) is 8.90. The molecule has 1 aliphatic carbocycles. The zero-order valence-electron chi connectivity index (χ0n) is 25.8. The predicted octanol–water partition coefficient (Wildman–Crippen LogP) is 2.56. The minimum absolute atomic E-state index is 0.00569. The highest BCUT2D eigenvalue weighted by Crippen LogP contribution is 2.29.